The molecule has 0 unspecified atom stereocenters. The van der Waals surface area contributed by atoms with E-state index < -0.39 is 40.2 Å². The Morgan fingerprint density at radius 2 is 1.59 bits per heavy atom. The lowest BCUT2D eigenvalue weighted by atomic mass is 10.1. The van der Waals surface area contributed by atoms with Crippen molar-refractivity contribution in [1.29, 1.82) is 0 Å². The average molecular weight is 558 g/mol. The molecule has 0 fully saturated rings. The maximum atomic E-state index is 13.9. The molecule has 11 heteroatoms. The number of amides is 2. The molecule has 1 N–H and O–H groups in total. The Labute approximate surface area is 228 Å². The summed E-state index contributed by atoms with van der Waals surface area (Å²) in [6.07, 6.45) is 0. The van der Waals surface area contributed by atoms with Crippen LogP contribution in [0.3, 0.4) is 0 Å². The second kappa shape index (κ2) is 13.1. The van der Waals surface area contributed by atoms with E-state index in [-0.39, 0.29) is 22.9 Å². The molecule has 0 saturated heterocycles. The van der Waals surface area contributed by atoms with Gasteiger partial charge in [-0.1, -0.05) is 24.3 Å². The van der Waals surface area contributed by atoms with E-state index in [1.54, 1.807) is 32.0 Å². The van der Waals surface area contributed by atoms with Crippen molar-refractivity contribution >= 4 is 27.5 Å². The molecule has 0 aliphatic carbocycles. The third-order valence-corrected chi connectivity index (χ3v) is 7.84. The highest BCUT2D eigenvalue weighted by Gasteiger charge is 2.33. The fraction of sp³-hybridized carbons (Fsp3) is 0.286. The Morgan fingerprint density at radius 1 is 0.949 bits per heavy atom. The number of carbonyl (C=O) groups is 2. The zero-order chi connectivity index (χ0) is 28.6. The molecule has 9 nitrogen and oxygen atoms in total. The first-order chi connectivity index (χ1) is 18.6. The molecular weight excluding hydrogens is 525 g/mol. The Bertz CT molecular complexity index is 1380. The highest BCUT2D eigenvalue weighted by molar-refractivity contribution is 7.92. The summed E-state index contributed by atoms with van der Waals surface area (Å²) in [6, 6.07) is 16.8. The Hall–Kier alpha value is -4.12. The van der Waals surface area contributed by atoms with Crippen molar-refractivity contribution in [2.75, 3.05) is 31.6 Å². The average Bonchev–Trinajstić information content (AvgIpc) is 2.95. The van der Waals surface area contributed by atoms with E-state index in [2.05, 4.69) is 5.32 Å². The molecule has 3 aromatic carbocycles. The first-order valence-electron chi connectivity index (χ1n) is 12.2. The number of nitrogens with zero attached hydrogens (tertiary/aromatic N) is 2. The van der Waals surface area contributed by atoms with Crippen molar-refractivity contribution in [2.24, 2.45) is 0 Å². The molecule has 0 aliphatic rings. The highest BCUT2D eigenvalue weighted by atomic mass is 32.2. The number of para-hydroxylation sites is 2. The van der Waals surface area contributed by atoms with Gasteiger partial charge in [0.2, 0.25) is 11.8 Å². The predicted molar refractivity (Wildman–Crippen MR) is 146 cm³/mol. The molecule has 0 heterocycles. The van der Waals surface area contributed by atoms with Crippen LogP contribution in [-0.4, -0.2) is 58.5 Å². The SMILES string of the molecule is CCNC(=O)[C@H](C)N(Cc1ccc(F)cc1)C(=O)CN(c1ccccc1OC)S(=O)(=O)c1ccc(OC)cc1. The Kier molecular flexibility index (Phi) is 9.89. The van der Waals surface area contributed by atoms with Gasteiger partial charge in [-0.05, 0) is 67.9 Å². The van der Waals surface area contributed by atoms with Crippen LogP contribution >= 0.6 is 0 Å². The molecule has 0 saturated carbocycles. The number of halogens is 1. The number of benzene rings is 3. The molecule has 3 aromatic rings. The third kappa shape index (κ3) is 7.05. The van der Waals surface area contributed by atoms with Gasteiger partial charge in [-0.3, -0.25) is 13.9 Å². The van der Waals surface area contributed by atoms with Crippen molar-refractivity contribution in [1.82, 2.24) is 10.2 Å². The first kappa shape index (κ1) is 29.4. The van der Waals surface area contributed by atoms with Crippen molar-refractivity contribution in [2.45, 2.75) is 31.3 Å². The van der Waals surface area contributed by atoms with Gasteiger partial charge in [0.1, 0.15) is 29.9 Å². The number of carbonyl (C=O) groups excluding carboxylic acids is 2. The number of rotatable bonds is 12. The minimum Gasteiger partial charge on any atom is -0.497 e. The normalized spacial score (nSPS) is 11.8. The largest absolute Gasteiger partial charge is 0.497 e. The number of methoxy groups -OCH3 is 2. The van der Waals surface area contributed by atoms with Gasteiger partial charge in [-0.25, -0.2) is 12.8 Å². The minimum absolute atomic E-state index is 0.0419. The summed E-state index contributed by atoms with van der Waals surface area (Å²) < 4.78 is 52.8. The van der Waals surface area contributed by atoms with E-state index in [0.29, 0.717) is 17.9 Å². The topological polar surface area (TPSA) is 105 Å². The second-order valence-electron chi connectivity index (χ2n) is 8.58. The van der Waals surface area contributed by atoms with Crippen molar-refractivity contribution < 1.29 is 31.9 Å². The number of sulfonamides is 1. The summed E-state index contributed by atoms with van der Waals surface area (Å²) in [4.78, 5) is 27.8. The zero-order valence-electron chi connectivity index (χ0n) is 22.3. The van der Waals surface area contributed by atoms with E-state index in [0.717, 1.165) is 4.31 Å². The summed E-state index contributed by atoms with van der Waals surface area (Å²) >= 11 is 0. The minimum atomic E-state index is -4.27. The van der Waals surface area contributed by atoms with Gasteiger partial charge in [0, 0.05) is 13.1 Å². The fourth-order valence-corrected chi connectivity index (χ4v) is 5.34. The maximum absolute atomic E-state index is 13.9. The van der Waals surface area contributed by atoms with Gasteiger partial charge >= 0.3 is 0 Å². The monoisotopic (exact) mass is 557 g/mol. The standard InChI is InChI=1S/C28H32FN3O6S/c1-5-30-28(34)20(2)31(18-21-10-12-22(29)13-11-21)27(33)19-32(25-8-6-7-9-26(25)38-4)39(35,36)24-16-14-23(37-3)15-17-24/h6-17,20H,5,18-19H2,1-4H3,(H,30,34)/t20-/m0/s1. The molecule has 0 bridgehead atoms. The van der Waals surface area contributed by atoms with Gasteiger partial charge in [-0.2, -0.15) is 0 Å². The van der Waals surface area contributed by atoms with Crippen molar-refractivity contribution in [3.8, 4) is 11.5 Å². The Morgan fingerprint density at radius 3 is 2.18 bits per heavy atom. The number of ether oxygens (including phenoxy) is 2. The van der Waals surface area contributed by atoms with Gasteiger partial charge in [0.15, 0.2) is 0 Å². The number of likely N-dealkylation sites (N-methyl/N-ethyl adjacent to an activating group) is 1. The van der Waals surface area contributed by atoms with Gasteiger partial charge < -0.3 is 19.7 Å². The molecule has 208 valence electrons. The van der Waals surface area contributed by atoms with Gasteiger partial charge in [-0.15, -0.1) is 0 Å². The molecular formula is C28H32FN3O6S. The van der Waals surface area contributed by atoms with Crippen LogP contribution in [0.4, 0.5) is 10.1 Å². The van der Waals surface area contributed by atoms with Crippen LogP contribution in [0.2, 0.25) is 0 Å². The summed E-state index contributed by atoms with van der Waals surface area (Å²) in [5, 5.41) is 2.69. The molecule has 0 aromatic heterocycles. The predicted octanol–water partition coefficient (Wildman–Crippen LogP) is 3.59. The number of nitrogens with one attached hydrogen (secondary N) is 1. The van der Waals surface area contributed by atoms with E-state index in [9.17, 15) is 22.4 Å². The number of hydrogen-bond acceptors (Lipinski definition) is 6. The van der Waals surface area contributed by atoms with Crippen LogP contribution in [0.1, 0.15) is 19.4 Å². The van der Waals surface area contributed by atoms with Crippen LogP contribution in [0.5, 0.6) is 11.5 Å². The lowest BCUT2D eigenvalue weighted by Gasteiger charge is -2.32. The van der Waals surface area contributed by atoms with Gasteiger partial charge in [0.05, 0.1) is 24.8 Å². The highest BCUT2D eigenvalue weighted by Crippen LogP contribution is 2.33. The molecule has 0 spiro atoms. The van der Waals surface area contributed by atoms with Crippen LogP contribution < -0.4 is 19.1 Å². The molecule has 0 aliphatic heterocycles. The molecule has 0 radical (unpaired) electrons. The molecule has 39 heavy (non-hydrogen) atoms. The summed E-state index contributed by atoms with van der Waals surface area (Å²) in [6.45, 7) is 2.99. The lowest BCUT2D eigenvalue weighted by Crippen LogP contribution is -2.51. The van der Waals surface area contributed by atoms with Crippen LogP contribution in [0.25, 0.3) is 0 Å². The van der Waals surface area contributed by atoms with Gasteiger partial charge in [0.25, 0.3) is 10.0 Å². The molecule has 2 amide bonds. The second-order valence-corrected chi connectivity index (χ2v) is 10.4. The van der Waals surface area contributed by atoms with Crippen molar-refractivity contribution in [3.05, 3.63) is 84.2 Å². The summed E-state index contributed by atoms with van der Waals surface area (Å²) in [5.74, 6) is -0.781. The number of anilines is 1. The molecule has 3 rings (SSSR count). The van der Waals surface area contributed by atoms with Crippen LogP contribution in [0.15, 0.2) is 77.7 Å². The lowest BCUT2D eigenvalue weighted by molar-refractivity contribution is -0.139. The maximum Gasteiger partial charge on any atom is 0.264 e. The quantitative estimate of drug-likeness (QED) is 0.365. The Balaban J connectivity index is 2.06. The smallest absolute Gasteiger partial charge is 0.264 e. The van der Waals surface area contributed by atoms with E-state index in [1.807, 2.05) is 0 Å². The van der Waals surface area contributed by atoms with Crippen molar-refractivity contribution in [3.63, 3.8) is 0 Å². The zero-order valence-corrected chi connectivity index (χ0v) is 23.1. The van der Waals surface area contributed by atoms with Crippen LogP contribution in [0, 0.1) is 5.82 Å². The fourth-order valence-electron chi connectivity index (χ4n) is 3.92. The van der Waals surface area contributed by atoms with E-state index >= 15 is 0 Å². The third-order valence-electron chi connectivity index (χ3n) is 6.06. The number of hydrogen-bond donors (Lipinski definition) is 1. The van der Waals surface area contributed by atoms with E-state index in [4.69, 9.17) is 9.47 Å². The molecule has 1 atom stereocenters. The summed E-state index contributed by atoms with van der Waals surface area (Å²) in [7, 11) is -1.41. The van der Waals surface area contributed by atoms with Crippen LogP contribution in [-0.2, 0) is 26.2 Å². The summed E-state index contributed by atoms with van der Waals surface area (Å²) in [5.41, 5.74) is 0.722. The van der Waals surface area contributed by atoms with E-state index in [1.165, 1.54) is 73.7 Å². The first-order valence-corrected chi connectivity index (χ1v) is 13.7.